The van der Waals surface area contributed by atoms with Gasteiger partial charge in [0.1, 0.15) is 5.75 Å². The third-order valence-corrected chi connectivity index (χ3v) is 3.25. The first-order valence-electron chi connectivity index (χ1n) is 5.36. The van der Waals surface area contributed by atoms with Crippen molar-refractivity contribution in [2.75, 3.05) is 12.4 Å². The van der Waals surface area contributed by atoms with E-state index in [0.29, 0.717) is 22.0 Å². The summed E-state index contributed by atoms with van der Waals surface area (Å²) in [5.74, 6) is 0.172. The van der Waals surface area contributed by atoms with Crippen molar-refractivity contribution in [3.63, 3.8) is 0 Å². The Labute approximate surface area is 123 Å². The van der Waals surface area contributed by atoms with Crippen LogP contribution in [0.5, 0.6) is 5.75 Å². The average molecular weight is 342 g/mol. The van der Waals surface area contributed by atoms with Gasteiger partial charge in [0.2, 0.25) is 0 Å². The van der Waals surface area contributed by atoms with Crippen molar-refractivity contribution in [2.45, 2.75) is 0 Å². The number of hydrogen-bond donors (Lipinski definition) is 1. The summed E-state index contributed by atoms with van der Waals surface area (Å²) in [4.78, 5) is 16.1. The molecule has 0 saturated heterocycles. The van der Waals surface area contributed by atoms with E-state index in [-0.39, 0.29) is 5.91 Å². The number of ether oxygens (including phenoxy) is 1. The molecule has 0 aliphatic rings. The van der Waals surface area contributed by atoms with Crippen LogP contribution in [-0.4, -0.2) is 18.0 Å². The van der Waals surface area contributed by atoms with Crippen molar-refractivity contribution >= 4 is 39.1 Å². The monoisotopic (exact) mass is 340 g/mol. The fraction of sp³-hybridized carbons (Fsp3) is 0.0769. The number of rotatable bonds is 3. The van der Waals surface area contributed by atoms with Crippen molar-refractivity contribution in [3.8, 4) is 5.75 Å². The second-order valence-electron chi connectivity index (χ2n) is 3.65. The molecule has 1 amide bonds. The molecule has 2 rings (SSSR count). The lowest BCUT2D eigenvalue weighted by Crippen LogP contribution is -2.13. The summed E-state index contributed by atoms with van der Waals surface area (Å²) in [6.07, 6.45) is 3.05. The lowest BCUT2D eigenvalue weighted by molar-refractivity contribution is 0.102. The highest BCUT2D eigenvalue weighted by atomic mass is 79.9. The molecule has 0 bridgehead atoms. The van der Waals surface area contributed by atoms with Gasteiger partial charge in [-0.1, -0.05) is 27.5 Å². The number of hydrogen-bond acceptors (Lipinski definition) is 3. The van der Waals surface area contributed by atoms with Crippen molar-refractivity contribution in [1.82, 2.24) is 4.98 Å². The van der Waals surface area contributed by atoms with Crippen LogP contribution >= 0.6 is 27.5 Å². The quantitative estimate of drug-likeness (QED) is 0.925. The number of aromatic nitrogens is 1. The van der Waals surface area contributed by atoms with Crippen molar-refractivity contribution in [3.05, 3.63) is 51.7 Å². The number of carbonyl (C=O) groups excluding carboxylic acids is 1. The van der Waals surface area contributed by atoms with E-state index in [1.54, 1.807) is 30.5 Å². The largest absolute Gasteiger partial charge is 0.496 e. The van der Waals surface area contributed by atoms with Crippen LogP contribution in [-0.2, 0) is 0 Å². The Balaban J connectivity index is 2.28. The maximum atomic E-state index is 12.2. The molecule has 98 valence electrons. The highest BCUT2D eigenvalue weighted by Gasteiger charge is 2.14. The topological polar surface area (TPSA) is 51.2 Å². The van der Waals surface area contributed by atoms with Crippen LogP contribution in [0.1, 0.15) is 10.4 Å². The smallest absolute Gasteiger partial charge is 0.259 e. The highest BCUT2D eigenvalue weighted by molar-refractivity contribution is 9.10. The van der Waals surface area contributed by atoms with Crippen LogP contribution in [0.3, 0.4) is 0 Å². The van der Waals surface area contributed by atoms with Crippen LogP contribution in [0.2, 0.25) is 5.02 Å². The number of nitrogens with one attached hydrogen (secondary N) is 1. The number of methoxy groups -OCH3 is 1. The van der Waals surface area contributed by atoms with E-state index < -0.39 is 0 Å². The van der Waals surface area contributed by atoms with E-state index in [0.717, 1.165) is 4.47 Å². The molecule has 0 unspecified atom stereocenters. The summed E-state index contributed by atoms with van der Waals surface area (Å²) in [5, 5.41) is 3.12. The van der Waals surface area contributed by atoms with E-state index in [1.807, 2.05) is 0 Å². The third-order valence-electron chi connectivity index (χ3n) is 2.42. The predicted octanol–water partition coefficient (Wildman–Crippen LogP) is 3.76. The van der Waals surface area contributed by atoms with Crippen LogP contribution in [0.15, 0.2) is 41.1 Å². The van der Waals surface area contributed by atoms with Crippen molar-refractivity contribution in [1.29, 1.82) is 0 Å². The lowest BCUT2D eigenvalue weighted by atomic mass is 10.2. The molecule has 0 saturated carbocycles. The molecule has 6 heteroatoms. The van der Waals surface area contributed by atoms with E-state index >= 15 is 0 Å². The molecule has 19 heavy (non-hydrogen) atoms. The van der Waals surface area contributed by atoms with Gasteiger partial charge in [-0.15, -0.1) is 0 Å². The number of carbonyl (C=O) groups is 1. The Hall–Kier alpha value is -1.59. The first-order chi connectivity index (χ1) is 9.11. The fourth-order valence-corrected chi connectivity index (χ4v) is 2.00. The molecule has 1 aromatic carbocycles. The summed E-state index contributed by atoms with van der Waals surface area (Å²) >= 11 is 9.28. The van der Waals surface area contributed by atoms with Crippen LogP contribution in [0.4, 0.5) is 5.69 Å². The van der Waals surface area contributed by atoms with Gasteiger partial charge >= 0.3 is 0 Å². The van der Waals surface area contributed by atoms with E-state index in [4.69, 9.17) is 16.3 Å². The molecule has 1 aromatic heterocycles. The van der Waals surface area contributed by atoms with Gasteiger partial charge in [0.05, 0.1) is 29.6 Å². The molecule has 0 aliphatic carbocycles. The second kappa shape index (κ2) is 6.04. The lowest BCUT2D eigenvalue weighted by Gasteiger charge is -2.10. The number of nitrogens with zero attached hydrogens (tertiary/aromatic N) is 1. The molecule has 0 aliphatic heterocycles. The molecular weight excluding hydrogens is 332 g/mol. The SMILES string of the molecule is COc1cc(Br)ccc1C(=O)Nc1cnccc1Cl. The van der Waals surface area contributed by atoms with Crippen LogP contribution < -0.4 is 10.1 Å². The molecule has 0 spiro atoms. The summed E-state index contributed by atoms with van der Waals surface area (Å²) in [6.45, 7) is 0. The van der Waals surface area contributed by atoms with Gasteiger partial charge in [0, 0.05) is 10.7 Å². The number of benzene rings is 1. The molecule has 1 heterocycles. The Morgan fingerprint density at radius 2 is 2.21 bits per heavy atom. The van der Waals surface area contributed by atoms with E-state index in [9.17, 15) is 4.79 Å². The minimum absolute atomic E-state index is 0.306. The Bertz CT molecular complexity index is 619. The third kappa shape index (κ3) is 3.24. The fourth-order valence-electron chi connectivity index (χ4n) is 1.51. The van der Waals surface area contributed by atoms with Crippen LogP contribution in [0.25, 0.3) is 0 Å². The van der Waals surface area contributed by atoms with E-state index in [2.05, 4.69) is 26.2 Å². The molecule has 0 atom stereocenters. The van der Waals surface area contributed by atoms with Gasteiger partial charge in [-0.3, -0.25) is 9.78 Å². The van der Waals surface area contributed by atoms with E-state index in [1.165, 1.54) is 13.3 Å². The first kappa shape index (κ1) is 13.8. The zero-order valence-electron chi connectivity index (χ0n) is 9.98. The molecule has 2 aromatic rings. The maximum Gasteiger partial charge on any atom is 0.259 e. The summed E-state index contributed by atoms with van der Waals surface area (Å²) in [6, 6.07) is 6.76. The number of pyridine rings is 1. The van der Waals surface area contributed by atoms with Gasteiger partial charge < -0.3 is 10.1 Å². The minimum Gasteiger partial charge on any atom is -0.496 e. The normalized spacial score (nSPS) is 10.1. The standard InChI is InChI=1S/C13H10BrClN2O2/c1-19-12-6-8(14)2-3-9(12)13(18)17-11-7-16-5-4-10(11)15/h2-7H,1H3,(H,17,18). The van der Waals surface area contributed by atoms with Crippen molar-refractivity contribution in [2.24, 2.45) is 0 Å². The van der Waals surface area contributed by atoms with Gasteiger partial charge in [0.25, 0.3) is 5.91 Å². The Kier molecular flexibility index (Phi) is 4.39. The number of anilines is 1. The molecule has 4 nitrogen and oxygen atoms in total. The second-order valence-corrected chi connectivity index (χ2v) is 4.98. The summed E-state index contributed by atoms with van der Waals surface area (Å²) < 4.78 is 6.01. The molecule has 1 N–H and O–H groups in total. The predicted molar refractivity (Wildman–Crippen MR) is 77.9 cm³/mol. The molecule has 0 radical (unpaired) electrons. The van der Waals surface area contributed by atoms with Gasteiger partial charge in [0.15, 0.2) is 0 Å². The number of halogens is 2. The number of amides is 1. The maximum absolute atomic E-state index is 12.2. The van der Waals surface area contributed by atoms with Crippen LogP contribution in [0, 0.1) is 0 Å². The molecule has 0 fully saturated rings. The zero-order valence-corrected chi connectivity index (χ0v) is 12.3. The van der Waals surface area contributed by atoms with Gasteiger partial charge in [-0.05, 0) is 24.3 Å². The molecular formula is C13H10BrClN2O2. The Morgan fingerprint density at radius 3 is 2.89 bits per heavy atom. The van der Waals surface area contributed by atoms with Gasteiger partial charge in [-0.2, -0.15) is 0 Å². The Morgan fingerprint density at radius 1 is 1.42 bits per heavy atom. The summed E-state index contributed by atoms with van der Waals surface area (Å²) in [7, 11) is 1.51. The first-order valence-corrected chi connectivity index (χ1v) is 6.53. The average Bonchev–Trinajstić information content (AvgIpc) is 2.41. The minimum atomic E-state index is -0.306. The van der Waals surface area contributed by atoms with Gasteiger partial charge in [-0.25, -0.2) is 0 Å². The summed E-state index contributed by atoms with van der Waals surface area (Å²) in [5.41, 5.74) is 0.879. The highest BCUT2D eigenvalue weighted by Crippen LogP contribution is 2.26. The zero-order chi connectivity index (χ0) is 13.8. The van der Waals surface area contributed by atoms with Crippen molar-refractivity contribution < 1.29 is 9.53 Å².